The third-order valence-corrected chi connectivity index (χ3v) is 3.37. The molecule has 0 spiro atoms. The lowest BCUT2D eigenvalue weighted by molar-refractivity contribution is 0.112. The van der Waals surface area contributed by atoms with Crippen LogP contribution < -0.4 is 0 Å². The van der Waals surface area contributed by atoms with Gasteiger partial charge in [-0.15, -0.1) is 0 Å². The maximum Gasteiger partial charge on any atom is 0.205 e. The number of benzene rings is 1. The Balaban J connectivity index is 3.16. The lowest BCUT2D eigenvalue weighted by Gasteiger charge is -2.24. The van der Waals surface area contributed by atoms with Gasteiger partial charge in [0.1, 0.15) is 6.29 Å². The molecule has 0 saturated heterocycles. The predicted octanol–water partition coefficient (Wildman–Crippen LogP) is 3.56. The topological polar surface area (TPSA) is 26.3 Å². The zero-order chi connectivity index (χ0) is 13.1. The van der Waals surface area contributed by atoms with Crippen LogP contribution in [0.15, 0.2) is 18.2 Å². The standard InChI is InChI=1S/C14H21O2Si/c1-14(2,3)13-8-6-7-11(9-15)12(13)10-16-17(4)5/h6-9H,10H2,1-5H3. The molecule has 0 aromatic heterocycles. The Labute approximate surface area is 106 Å². The van der Waals surface area contributed by atoms with Gasteiger partial charge < -0.3 is 4.43 Å². The Morgan fingerprint density at radius 3 is 2.41 bits per heavy atom. The number of rotatable bonds is 4. The van der Waals surface area contributed by atoms with Crippen LogP contribution in [0.4, 0.5) is 0 Å². The van der Waals surface area contributed by atoms with Gasteiger partial charge in [0.2, 0.25) is 9.04 Å². The van der Waals surface area contributed by atoms with Crippen LogP contribution in [0, 0.1) is 0 Å². The Morgan fingerprint density at radius 2 is 1.94 bits per heavy atom. The molecule has 0 aliphatic heterocycles. The number of hydrogen-bond acceptors (Lipinski definition) is 2. The van der Waals surface area contributed by atoms with Crippen molar-refractivity contribution in [2.45, 2.75) is 45.9 Å². The first kappa shape index (κ1) is 14.1. The van der Waals surface area contributed by atoms with Crippen molar-refractivity contribution in [1.82, 2.24) is 0 Å². The normalized spacial score (nSPS) is 11.9. The molecule has 2 nitrogen and oxygen atoms in total. The molecule has 0 heterocycles. The molecule has 1 aromatic carbocycles. The molecular formula is C14H21O2Si. The lowest BCUT2D eigenvalue weighted by atomic mass is 9.82. The third kappa shape index (κ3) is 3.79. The molecule has 0 bridgehead atoms. The van der Waals surface area contributed by atoms with Gasteiger partial charge in [-0.25, -0.2) is 0 Å². The van der Waals surface area contributed by atoms with E-state index in [0.717, 1.165) is 17.4 Å². The minimum Gasteiger partial charge on any atom is -0.413 e. The van der Waals surface area contributed by atoms with Gasteiger partial charge in [-0.1, -0.05) is 39.0 Å². The second-order valence-corrected chi connectivity index (χ2v) is 7.54. The van der Waals surface area contributed by atoms with E-state index in [1.165, 1.54) is 5.56 Å². The molecule has 0 amide bonds. The summed E-state index contributed by atoms with van der Waals surface area (Å²) < 4.78 is 5.75. The van der Waals surface area contributed by atoms with Crippen LogP contribution in [-0.4, -0.2) is 15.3 Å². The summed E-state index contributed by atoms with van der Waals surface area (Å²) in [4.78, 5) is 11.1. The van der Waals surface area contributed by atoms with Crippen molar-refractivity contribution in [3.05, 3.63) is 34.9 Å². The summed E-state index contributed by atoms with van der Waals surface area (Å²) in [6, 6.07) is 5.89. The molecule has 0 atom stereocenters. The van der Waals surface area contributed by atoms with E-state index < -0.39 is 9.04 Å². The third-order valence-electron chi connectivity index (χ3n) is 2.65. The minimum absolute atomic E-state index is 0.0338. The first-order chi connectivity index (χ1) is 7.86. The number of carbonyl (C=O) groups excluding carboxylic acids is 1. The molecule has 93 valence electrons. The fourth-order valence-corrected chi connectivity index (χ4v) is 2.23. The van der Waals surface area contributed by atoms with Crippen molar-refractivity contribution in [3.8, 4) is 0 Å². The first-order valence-corrected chi connectivity index (χ1v) is 8.27. The summed E-state index contributed by atoms with van der Waals surface area (Å²) in [5.41, 5.74) is 3.03. The summed E-state index contributed by atoms with van der Waals surface area (Å²) >= 11 is 0. The molecule has 0 N–H and O–H groups in total. The molecule has 0 unspecified atom stereocenters. The van der Waals surface area contributed by atoms with Crippen LogP contribution in [0.25, 0.3) is 0 Å². The van der Waals surface area contributed by atoms with E-state index in [1.807, 2.05) is 12.1 Å². The second-order valence-electron chi connectivity index (χ2n) is 5.44. The van der Waals surface area contributed by atoms with Crippen LogP contribution in [0.1, 0.15) is 42.3 Å². The average Bonchev–Trinajstić information content (AvgIpc) is 2.24. The SMILES string of the molecule is C[Si](C)OCc1c(C=O)cccc1C(C)(C)C. The van der Waals surface area contributed by atoms with Crippen molar-refractivity contribution in [2.75, 3.05) is 0 Å². The van der Waals surface area contributed by atoms with Gasteiger partial charge in [-0.2, -0.15) is 0 Å². The van der Waals surface area contributed by atoms with E-state index in [9.17, 15) is 4.79 Å². The number of carbonyl (C=O) groups is 1. The van der Waals surface area contributed by atoms with Gasteiger partial charge in [0.15, 0.2) is 0 Å². The second kappa shape index (κ2) is 5.60. The number of hydrogen-bond donors (Lipinski definition) is 0. The van der Waals surface area contributed by atoms with Crippen molar-refractivity contribution in [2.24, 2.45) is 0 Å². The Kier molecular flexibility index (Phi) is 4.66. The van der Waals surface area contributed by atoms with Gasteiger partial charge in [0.25, 0.3) is 0 Å². The van der Waals surface area contributed by atoms with Crippen LogP contribution in [0.2, 0.25) is 13.1 Å². The Morgan fingerprint density at radius 1 is 1.29 bits per heavy atom. The zero-order valence-corrected chi connectivity index (χ0v) is 12.3. The molecule has 1 radical (unpaired) electrons. The van der Waals surface area contributed by atoms with Crippen molar-refractivity contribution >= 4 is 15.3 Å². The van der Waals surface area contributed by atoms with Crippen LogP contribution in [0.5, 0.6) is 0 Å². The molecule has 0 saturated carbocycles. The number of aldehydes is 1. The van der Waals surface area contributed by atoms with Gasteiger partial charge in [0, 0.05) is 5.56 Å². The highest BCUT2D eigenvalue weighted by molar-refractivity contribution is 6.48. The highest BCUT2D eigenvalue weighted by atomic mass is 28.3. The monoisotopic (exact) mass is 249 g/mol. The average molecular weight is 249 g/mol. The fourth-order valence-electron chi connectivity index (χ4n) is 1.80. The quantitative estimate of drug-likeness (QED) is 0.602. The summed E-state index contributed by atoms with van der Waals surface area (Å²) in [5.74, 6) is 0. The van der Waals surface area contributed by atoms with Crippen LogP contribution in [0.3, 0.4) is 0 Å². The fraction of sp³-hybridized carbons (Fsp3) is 0.500. The van der Waals surface area contributed by atoms with E-state index >= 15 is 0 Å². The molecule has 17 heavy (non-hydrogen) atoms. The largest absolute Gasteiger partial charge is 0.413 e. The molecule has 0 fully saturated rings. The smallest absolute Gasteiger partial charge is 0.205 e. The maximum atomic E-state index is 11.1. The summed E-state index contributed by atoms with van der Waals surface area (Å²) in [7, 11) is -0.734. The van der Waals surface area contributed by atoms with Crippen molar-refractivity contribution in [3.63, 3.8) is 0 Å². The lowest BCUT2D eigenvalue weighted by Crippen LogP contribution is -2.18. The minimum atomic E-state index is -0.734. The van der Waals surface area contributed by atoms with E-state index in [1.54, 1.807) is 0 Å². The van der Waals surface area contributed by atoms with Crippen molar-refractivity contribution in [1.29, 1.82) is 0 Å². The Bertz CT molecular complexity index is 392. The Hall–Kier alpha value is -0.933. The van der Waals surface area contributed by atoms with Gasteiger partial charge in [0.05, 0.1) is 6.61 Å². The van der Waals surface area contributed by atoms with Crippen LogP contribution >= 0.6 is 0 Å². The summed E-state index contributed by atoms with van der Waals surface area (Å²) in [5, 5.41) is 0. The van der Waals surface area contributed by atoms with E-state index in [-0.39, 0.29) is 5.41 Å². The molecule has 3 heteroatoms. The van der Waals surface area contributed by atoms with Crippen LogP contribution in [-0.2, 0) is 16.4 Å². The van der Waals surface area contributed by atoms with Gasteiger partial charge in [-0.05, 0) is 29.6 Å². The summed E-state index contributed by atoms with van der Waals surface area (Å²) in [6.45, 7) is 11.2. The van der Waals surface area contributed by atoms with Crippen molar-refractivity contribution < 1.29 is 9.22 Å². The predicted molar refractivity (Wildman–Crippen MR) is 72.8 cm³/mol. The first-order valence-electron chi connectivity index (χ1n) is 5.86. The summed E-state index contributed by atoms with van der Waals surface area (Å²) in [6.07, 6.45) is 0.922. The van der Waals surface area contributed by atoms with E-state index in [0.29, 0.717) is 6.61 Å². The molecule has 1 rings (SSSR count). The molecule has 0 aliphatic rings. The molecule has 0 aliphatic carbocycles. The van der Waals surface area contributed by atoms with Gasteiger partial charge in [-0.3, -0.25) is 4.79 Å². The van der Waals surface area contributed by atoms with Gasteiger partial charge >= 0.3 is 0 Å². The zero-order valence-electron chi connectivity index (χ0n) is 11.3. The molecule has 1 aromatic rings. The van der Waals surface area contributed by atoms with E-state index in [4.69, 9.17) is 4.43 Å². The molecular weight excluding hydrogens is 228 g/mol. The van der Waals surface area contributed by atoms with E-state index in [2.05, 4.69) is 39.9 Å². The highest BCUT2D eigenvalue weighted by Gasteiger charge is 2.20. The highest BCUT2D eigenvalue weighted by Crippen LogP contribution is 2.28. The maximum absolute atomic E-state index is 11.1.